The summed E-state index contributed by atoms with van der Waals surface area (Å²) in [6.07, 6.45) is 2.35. The molecule has 0 aliphatic carbocycles. The fourth-order valence-corrected chi connectivity index (χ4v) is 4.10. The lowest BCUT2D eigenvalue weighted by atomic mass is 9.91. The zero-order valence-electron chi connectivity index (χ0n) is 15.5. The highest BCUT2D eigenvalue weighted by molar-refractivity contribution is 5.76. The molecule has 0 bridgehead atoms. The van der Waals surface area contributed by atoms with Crippen LogP contribution in [0.1, 0.15) is 38.1 Å². The highest BCUT2D eigenvalue weighted by Gasteiger charge is 2.31. The molecule has 2 unspecified atom stereocenters. The quantitative estimate of drug-likeness (QED) is 0.788. The van der Waals surface area contributed by atoms with Gasteiger partial charge in [0.15, 0.2) is 0 Å². The molecule has 1 fully saturated rings. The average Bonchev–Trinajstić information content (AvgIpc) is 3.23. The summed E-state index contributed by atoms with van der Waals surface area (Å²) in [6, 6.07) is 11.0. The first-order valence-corrected chi connectivity index (χ1v) is 9.54. The molecule has 0 spiro atoms. The molecule has 2 aliphatic heterocycles. The fraction of sp³-hybridized carbons (Fsp3) is 0.500. The summed E-state index contributed by atoms with van der Waals surface area (Å²) in [5.74, 6) is 1.64. The van der Waals surface area contributed by atoms with E-state index in [0.29, 0.717) is 31.0 Å². The highest BCUT2D eigenvalue weighted by Crippen LogP contribution is 2.25. The van der Waals surface area contributed by atoms with Gasteiger partial charge in [0.1, 0.15) is 5.82 Å². The van der Waals surface area contributed by atoms with Crippen molar-refractivity contribution in [2.45, 2.75) is 51.7 Å². The Bertz CT molecular complexity index is 762. The first-order chi connectivity index (χ1) is 12.6. The van der Waals surface area contributed by atoms with E-state index < -0.39 is 0 Å². The number of nitrogens with zero attached hydrogens (tertiary/aromatic N) is 2. The van der Waals surface area contributed by atoms with Gasteiger partial charge in [0.25, 0.3) is 0 Å². The number of benzene rings is 1. The Morgan fingerprint density at radius 3 is 2.65 bits per heavy atom. The largest absolute Gasteiger partial charge is 0.340 e. The molecule has 1 aromatic heterocycles. The van der Waals surface area contributed by atoms with Crippen molar-refractivity contribution in [2.75, 3.05) is 6.54 Å². The number of carbonyl (C=O) groups is 1. The molecule has 3 N–H and O–H groups in total. The standard InChI is InChI=1S/C20H27N5O/c1-13-16(14(2)24-23-13)8-9-19(26)25-11-10-17-18(12-25)22-20(21-17)15-6-4-3-5-7-15/h3-7,13-14,16,23-24H,8-12H2,1-2H3,(H,21,22). The third-order valence-electron chi connectivity index (χ3n) is 5.75. The van der Waals surface area contributed by atoms with Crippen LogP contribution in [0, 0.1) is 5.92 Å². The number of aromatic amines is 1. The third-order valence-corrected chi connectivity index (χ3v) is 5.75. The third kappa shape index (κ3) is 3.39. The Labute approximate surface area is 154 Å². The summed E-state index contributed by atoms with van der Waals surface area (Å²) in [5.41, 5.74) is 9.79. The maximum absolute atomic E-state index is 12.7. The van der Waals surface area contributed by atoms with Crippen molar-refractivity contribution in [3.8, 4) is 11.4 Å². The summed E-state index contributed by atoms with van der Waals surface area (Å²) in [6.45, 7) is 5.75. The van der Waals surface area contributed by atoms with E-state index in [2.05, 4.69) is 41.8 Å². The van der Waals surface area contributed by atoms with E-state index in [-0.39, 0.29) is 5.91 Å². The second-order valence-corrected chi connectivity index (χ2v) is 7.51. The van der Waals surface area contributed by atoms with Gasteiger partial charge in [-0.25, -0.2) is 4.98 Å². The number of hydrazine groups is 1. The number of carbonyl (C=O) groups excluding carboxylic acids is 1. The minimum atomic E-state index is 0.248. The van der Waals surface area contributed by atoms with Crippen LogP contribution in [-0.4, -0.2) is 39.4 Å². The van der Waals surface area contributed by atoms with Crippen LogP contribution in [0.5, 0.6) is 0 Å². The van der Waals surface area contributed by atoms with Gasteiger partial charge in [0.2, 0.25) is 5.91 Å². The first kappa shape index (κ1) is 17.2. The lowest BCUT2D eigenvalue weighted by Crippen LogP contribution is -2.36. The van der Waals surface area contributed by atoms with Crippen molar-refractivity contribution < 1.29 is 4.79 Å². The monoisotopic (exact) mass is 353 g/mol. The van der Waals surface area contributed by atoms with E-state index in [1.165, 1.54) is 0 Å². The minimum Gasteiger partial charge on any atom is -0.340 e. The van der Waals surface area contributed by atoms with E-state index in [4.69, 9.17) is 4.98 Å². The molecule has 4 rings (SSSR count). The molecule has 0 radical (unpaired) electrons. The van der Waals surface area contributed by atoms with Crippen LogP contribution < -0.4 is 10.9 Å². The van der Waals surface area contributed by atoms with Gasteiger partial charge >= 0.3 is 0 Å². The van der Waals surface area contributed by atoms with E-state index in [0.717, 1.165) is 42.2 Å². The van der Waals surface area contributed by atoms with Gasteiger partial charge < -0.3 is 9.88 Å². The van der Waals surface area contributed by atoms with Gasteiger partial charge in [0, 0.05) is 37.0 Å². The second kappa shape index (κ2) is 7.21. The molecule has 6 nitrogen and oxygen atoms in total. The van der Waals surface area contributed by atoms with Gasteiger partial charge in [0.05, 0.1) is 17.9 Å². The van der Waals surface area contributed by atoms with Crippen LogP contribution >= 0.6 is 0 Å². The van der Waals surface area contributed by atoms with Gasteiger partial charge in [-0.3, -0.25) is 15.6 Å². The molecule has 1 amide bonds. The molecule has 2 aliphatic rings. The van der Waals surface area contributed by atoms with E-state index in [9.17, 15) is 4.79 Å². The van der Waals surface area contributed by atoms with Crippen molar-refractivity contribution in [1.82, 2.24) is 25.7 Å². The number of nitrogens with one attached hydrogen (secondary N) is 3. The van der Waals surface area contributed by atoms with Crippen molar-refractivity contribution in [2.24, 2.45) is 5.92 Å². The molecule has 1 saturated heterocycles. The fourth-order valence-electron chi connectivity index (χ4n) is 4.10. The van der Waals surface area contributed by atoms with E-state index in [1.54, 1.807) is 0 Å². The van der Waals surface area contributed by atoms with Gasteiger partial charge in [-0.2, -0.15) is 0 Å². The van der Waals surface area contributed by atoms with Crippen LogP contribution in [0.3, 0.4) is 0 Å². The van der Waals surface area contributed by atoms with E-state index >= 15 is 0 Å². The number of imidazole rings is 1. The van der Waals surface area contributed by atoms with Crippen LogP contribution in [-0.2, 0) is 17.8 Å². The molecule has 26 heavy (non-hydrogen) atoms. The summed E-state index contributed by atoms with van der Waals surface area (Å²) < 4.78 is 0. The van der Waals surface area contributed by atoms with Gasteiger partial charge in [-0.05, 0) is 26.2 Å². The van der Waals surface area contributed by atoms with Crippen molar-refractivity contribution in [3.63, 3.8) is 0 Å². The number of amides is 1. The number of rotatable bonds is 4. The van der Waals surface area contributed by atoms with Crippen LogP contribution in [0.25, 0.3) is 11.4 Å². The number of H-pyrrole nitrogens is 1. The Balaban J connectivity index is 1.39. The Kier molecular flexibility index (Phi) is 4.78. The van der Waals surface area contributed by atoms with Crippen LogP contribution in [0.2, 0.25) is 0 Å². The summed E-state index contributed by atoms with van der Waals surface area (Å²) >= 11 is 0. The second-order valence-electron chi connectivity index (χ2n) is 7.51. The van der Waals surface area contributed by atoms with Crippen LogP contribution in [0.15, 0.2) is 30.3 Å². The molecule has 0 saturated carbocycles. The van der Waals surface area contributed by atoms with Crippen LogP contribution in [0.4, 0.5) is 0 Å². The SMILES string of the molecule is CC1NNC(C)C1CCC(=O)N1CCc2nc(-c3ccccc3)[nH]c2C1. The summed E-state index contributed by atoms with van der Waals surface area (Å²) in [5, 5.41) is 0. The topological polar surface area (TPSA) is 73.0 Å². The Hall–Kier alpha value is -2.18. The molecule has 2 aromatic rings. The zero-order chi connectivity index (χ0) is 18.1. The zero-order valence-corrected chi connectivity index (χ0v) is 15.5. The molecular formula is C20H27N5O. The number of fused-ring (bicyclic) bond motifs is 1. The summed E-state index contributed by atoms with van der Waals surface area (Å²) in [4.78, 5) is 22.8. The lowest BCUT2D eigenvalue weighted by molar-refractivity contribution is -0.132. The molecule has 1 aromatic carbocycles. The van der Waals surface area contributed by atoms with E-state index in [1.807, 2.05) is 23.1 Å². The lowest BCUT2D eigenvalue weighted by Gasteiger charge is -2.27. The van der Waals surface area contributed by atoms with Gasteiger partial charge in [-0.1, -0.05) is 30.3 Å². The van der Waals surface area contributed by atoms with Crippen molar-refractivity contribution >= 4 is 5.91 Å². The number of hydrogen-bond donors (Lipinski definition) is 3. The average molecular weight is 353 g/mol. The van der Waals surface area contributed by atoms with Gasteiger partial charge in [-0.15, -0.1) is 0 Å². The normalized spacial score (nSPS) is 25.3. The molecular weight excluding hydrogens is 326 g/mol. The predicted octanol–water partition coefficient (Wildman–Crippen LogP) is 2.24. The number of aromatic nitrogens is 2. The predicted molar refractivity (Wildman–Crippen MR) is 101 cm³/mol. The first-order valence-electron chi connectivity index (χ1n) is 9.54. The maximum Gasteiger partial charge on any atom is 0.222 e. The molecule has 6 heteroatoms. The molecule has 138 valence electrons. The highest BCUT2D eigenvalue weighted by atomic mass is 16.2. The molecule has 3 heterocycles. The maximum atomic E-state index is 12.7. The molecule has 2 atom stereocenters. The number of hydrogen-bond acceptors (Lipinski definition) is 4. The Morgan fingerprint density at radius 1 is 1.19 bits per heavy atom. The minimum absolute atomic E-state index is 0.248. The smallest absolute Gasteiger partial charge is 0.222 e. The van der Waals surface area contributed by atoms with Crippen molar-refractivity contribution in [3.05, 3.63) is 41.7 Å². The Morgan fingerprint density at radius 2 is 1.92 bits per heavy atom. The summed E-state index contributed by atoms with van der Waals surface area (Å²) in [7, 11) is 0. The van der Waals surface area contributed by atoms with Crippen molar-refractivity contribution in [1.29, 1.82) is 0 Å².